The van der Waals surface area contributed by atoms with Crippen molar-refractivity contribution in [3.05, 3.63) is 35.9 Å². The zero-order chi connectivity index (χ0) is 10.6. The van der Waals surface area contributed by atoms with Crippen LogP contribution < -0.4 is 0 Å². The molecule has 1 aromatic rings. The Morgan fingerprint density at radius 3 is 2.50 bits per heavy atom. The predicted molar refractivity (Wildman–Crippen MR) is 63.9 cm³/mol. The second-order valence-electron chi connectivity index (χ2n) is 2.97. The molecule has 0 aromatic heterocycles. The zero-order valence-electron chi connectivity index (χ0n) is 7.85. The Balaban J connectivity index is 2.87. The molecule has 0 saturated carbocycles. The monoisotopic (exact) mass is 305 g/mol. The van der Waals surface area contributed by atoms with Crippen molar-refractivity contribution in [2.24, 2.45) is 0 Å². The second-order valence-corrected chi connectivity index (χ2v) is 3.86. The lowest BCUT2D eigenvalue weighted by Gasteiger charge is -2.24. The molecule has 0 spiro atoms. The Hall–Kier alpha value is -0.780. The average Bonchev–Trinajstić information content (AvgIpc) is 2.20. The molecule has 1 atom stereocenters. The van der Waals surface area contributed by atoms with Gasteiger partial charge < -0.3 is 10.0 Å². The lowest BCUT2D eigenvalue weighted by atomic mass is 10.1. The molecule has 1 rings (SSSR count). The minimum atomic E-state index is -0.893. The summed E-state index contributed by atoms with van der Waals surface area (Å²) < 4.78 is 0.755. The highest BCUT2D eigenvalue weighted by molar-refractivity contribution is 14.1. The molecule has 1 unspecified atom stereocenters. The van der Waals surface area contributed by atoms with Crippen LogP contribution in [0.2, 0.25) is 0 Å². The topological polar surface area (TPSA) is 40.5 Å². The maximum atomic E-state index is 10.8. The highest BCUT2D eigenvalue weighted by Crippen LogP contribution is 2.21. The van der Waals surface area contributed by atoms with Gasteiger partial charge in [-0.15, -0.1) is 0 Å². The number of amides is 1. The Bertz CT molecular complexity index is 302. The van der Waals surface area contributed by atoms with Crippen LogP contribution in [0.1, 0.15) is 11.6 Å². The Morgan fingerprint density at radius 2 is 2.07 bits per heavy atom. The standard InChI is InChI=1S/C10H12INO2/c1-12(10(13)14)9(7-11)8-5-3-2-4-6-8/h2-6,9H,7H2,1H3,(H,13,14). The highest BCUT2D eigenvalue weighted by Gasteiger charge is 2.19. The first-order valence-corrected chi connectivity index (χ1v) is 5.76. The van der Waals surface area contributed by atoms with Gasteiger partial charge in [-0.3, -0.25) is 0 Å². The van der Waals surface area contributed by atoms with E-state index < -0.39 is 6.09 Å². The average molecular weight is 305 g/mol. The van der Waals surface area contributed by atoms with Crippen molar-refractivity contribution < 1.29 is 9.90 Å². The van der Waals surface area contributed by atoms with Crippen molar-refractivity contribution in [2.75, 3.05) is 11.5 Å². The molecule has 1 aromatic carbocycles. The van der Waals surface area contributed by atoms with Gasteiger partial charge in [-0.25, -0.2) is 4.79 Å². The van der Waals surface area contributed by atoms with Gasteiger partial charge in [0.1, 0.15) is 0 Å². The van der Waals surface area contributed by atoms with Gasteiger partial charge in [0.15, 0.2) is 0 Å². The van der Waals surface area contributed by atoms with Crippen molar-refractivity contribution in [3.63, 3.8) is 0 Å². The first-order valence-electron chi connectivity index (χ1n) is 4.23. The molecule has 76 valence electrons. The van der Waals surface area contributed by atoms with Crippen LogP contribution in [0, 0.1) is 0 Å². The van der Waals surface area contributed by atoms with Gasteiger partial charge in [0.2, 0.25) is 0 Å². The van der Waals surface area contributed by atoms with E-state index in [1.807, 2.05) is 30.3 Å². The molecule has 0 aliphatic heterocycles. The minimum absolute atomic E-state index is 0.0608. The van der Waals surface area contributed by atoms with Crippen LogP contribution in [-0.2, 0) is 0 Å². The Kier molecular flexibility index (Phi) is 4.19. The van der Waals surface area contributed by atoms with Crippen LogP contribution in [0.5, 0.6) is 0 Å². The highest BCUT2D eigenvalue weighted by atomic mass is 127. The van der Waals surface area contributed by atoms with Crippen LogP contribution in [0.4, 0.5) is 4.79 Å². The number of hydrogen-bond donors (Lipinski definition) is 1. The molecule has 0 radical (unpaired) electrons. The molecular formula is C10H12INO2. The van der Waals surface area contributed by atoms with E-state index in [2.05, 4.69) is 22.6 Å². The molecule has 0 saturated heterocycles. The van der Waals surface area contributed by atoms with E-state index in [-0.39, 0.29) is 6.04 Å². The third-order valence-electron chi connectivity index (χ3n) is 2.10. The Labute approximate surface area is 96.9 Å². The van der Waals surface area contributed by atoms with Crippen molar-refractivity contribution in [1.82, 2.24) is 4.90 Å². The van der Waals surface area contributed by atoms with E-state index in [9.17, 15) is 4.79 Å². The fourth-order valence-electron chi connectivity index (χ4n) is 1.22. The van der Waals surface area contributed by atoms with Gasteiger partial charge in [0.25, 0.3) is 0 Å². The van der Waals surface area contributed by atoms with E-state index in [0.29, 0.717) is 0 Å². The summed E-state index contributed by atoms with van der Waals surface area (Å²) >= 11 is 2.20. The molecule has 0 heterocycles. The van der Waals surface area contributed by atoms with Crippen LogP contribution in [0.25, 0.3) is 0 Å². The number of carbonyl (C=O) groups is 1. The van der Waals surface area contributed by atoms with Gasteiger partial charge in [-0.1, -0.05) is 52.9 Å². The fourth-order valence-corrected chi connectivity index (χ4v) is 2.32. The fraction of sp³-hybridized carbons (Fsp3) is 0.300. The maximum absolute atomic E-state index is 10.8. The molecule has 1 amide bonds. The lowest BCUT2D eigenvalue weighted by molar-refractivity contribution is 0.143. The predicted octanol–water partition coefficient (Wildman–Crippen LogP) is 2.77. The van der Waals surface area contributed by atoms with E-state index in [0.717, 1.165) is 9.99 Å². The van der Waals surface area contributed by atoms with Crippen LogP contribution >= 0.6 is 22.6 Å². The number of nitrogens with zero attached hydrogens (tertiary/aromatic N) is 1. The Morgan fingerprint density at radius 1 is 1.50 bits per heavy atom. The van der Waals surface area contributed by atoms with Gasteiger partial charge >= 0.3 is 6.09 Å². The summed E-state index contributed by atoms with van der Waals surface area (Å²) in [5.74, 6) is 0. The summed E-state index contributed by atoms with van der Waals surface area (Å²) in [6.07, 6.45) is -0.893. The van der Waals surface area contributed by atoms with Crippen molar-refractivity contribution >= 4 is 28.7 Å². The van der Waals surface area contributed by atoms with E-state index >= 15 is 0 Å². The maximum Gasteiger partial charge on any atom is 0.407 e. The number of benzene rings is 1. The molecule has 0 fully saturated rings. The summed E-state index contributed by atoms with van der Waals surface area (Å²) in [5.41, 5.74) is 1.03. The molecule has 0 aliphatic rings. The molecule has 0 aliphatic carbocycles. The van der Waals surface area contributed by atoms with Gasteiger partial charge in [-0.2, -0.15) is 0 Å². The van der Waals surface area contributed by atoms with Crippen LogP contribution in [0.3, 0.4) is 0 Å². The third-order valence-corrected chi connectivity index (χ3v) is 2.93. The first kappa shape index (κ1) is 11.3. The molecule has 3 nitrogen and oxygen atoms in total. The van der Waals surface area contributed by atoms with Crippen molar-refractivity contribution in [3.8, 4) is 0 Å². The van der Waals surface area contributed by atoms with Crippen molar-refractivity contribution in [2.45, 2.75) is 6.04 Å². The van der Waals surface area contributed by atoms with E-state index in [1.165, 1.54) is 4.90 Å². The molecule has 0 bridgehead atoms. The van der Waals surface area contributed by atoms with Crippen LogP contribution in [-0.4, -0.2) is 27.6 Å². The number of halogens is 1. The summed E-state index contributed by atoms with van der Waals surface area (Å²) in [6.45, 7) is 0. The van der Waals surface area contributed by atoms with E-state index in [1.54, 1.807) is 7.05 Å². The van der Waals surface area contributed by atoms with Gasteiger partial charge in [0.05, 0.1) is 6.04 Å². The molecule has 14 heavy (non-hydrogen) atoms. The summed E-state index contributed by atoms with van der Waals surface area (Å²) in [5, 5.41) is 8.87. The second kappa shape index (κ2) is 5.19. The quantitative estimate of drug-likeness (QED) is 0.689. The first-order chi connectivity index (χ1) is 6.66. The SMILES string of the molecule is CN(C(=O)O)C(CI)c1ccccc1. The summed E-state index contributed by atoms with van der Waals surface area (Å²) in [7, 11) is 1.60. The number of alkyl halides is 1. The minimum Gasteiger partial charge on any atom is -0.465 e. The normalized spacial score (nSPS) is 12.1. The number of hydrogen-bond acceptors (Lipinski definition) is 1. The molecular weight excluding hydrogens is 293 g/mol. The van der Waals surface area contributed by atoms with E-state index in [4.69, 9.17) is 5.11 Å². The van der Waals surface area contributed by atoms with Gasteiger partial charge in [0, 0.05) is 11.5 Å². The van der Waals surface area contributed by atoms with Crippen molar-refractivity contribution in [1.29, 1.82) is 0 Å². The zero-order valence-corrected chi connectivity index (χ0v) is 10.0. The largest absolute Gasteiger partial charge is 0.465 e. The molecule has 4 heteroatoms. The lowest BCUT2D eigenvalue weighted by Crippen LogP contribution is -2.30. The third kappa shape index (κ3) is 2.60. The smallest absolute Gasteiger partial charge is 0.407 e. The van der Waals surface area contributed by atoms with Crippen LogP contribution in [0.15, 0.2) is 30.3 Å². The number of carboxylic acid groups (broad SMARTS) is 1. The summed E-state index contributed by atoms with van der Waals surface area (Å²) in [4.78, 5) is 12.1. The summed E-state index contributed by atoms with van der Waals surface area (Å²) in [6, 6.07) is 9.60. The van der Waals surface area contributed by atoms with Gasteiger partial charge in [-0.05, 0) is 5.56 Å². The number of rotatable bonds is 3. The molecule has 1 N–H and O–H groups in total.